The SMILES string of the molecule is COc1ccc(CNc2cnc(-n3cccc3CO)cn2)cc1Cl. The van der Waals surface area contributed by atoms with Crippen LogP contribution in [0.15, 0.2) is 48.9 Å². The van der Waals surface area contributed by atoms with Gasteiger partial charge in [0.05, 0.1) is 31.1 Å². The van der Waals surface area contributed by atoms with Gasteiger partial charge in [-0.2, -0.15) is 0 Å². The Morgan fingerprint density at radius 1 is 1.25 bits per heavy atom. The zero-order valence-electron chi connectivity index (χ0n) is 13.1. The number of ether oxygens (including phenoxy) is 1. The standard InChI is InChI=1S/C17H17ClN4O2/c1-24-15-5-4-12(7-14(15)18)8-19-16-9-21-17(10-20-16)22-6-2-3-13(22)11-23/h2-7,9-10,23H,8,11H2,1H3,(H,19,20). The normalized spacial score (nSPS) is 10.6. The van der Waals surface area contributed by atoms with E-state index in [0.29, 0.717) is 29.0 Å². The lowest BCUT2D eigenvalue weighted by atomic mass is 10.2. The second-order valence-electron chi connectivity index (χ2n) is 5.11. The number of benzene rings is 1. The molecule has 7 heteroatoms. The number of anilines is 1. The van der Waals surface area contributed by atoms with E-state index < -0.39 is 0 Å². The first-order valence-electron chi connectivity index (χ1n) is 7.37. The summed E-state index contributed by atoms with van der Waals surface area (Å²) in [5.74, 6) is 1.96. The highest BCUT2D eigenvalue weighted by Crippen LogP contribution is 2.25. The van der Waals surface area contributed by atoms with Gasteiger partial charge in [0.2, 0.25) is 0 Å². The van der Waals surface area contributed by atoms with Crippen molar-refractivity contribution in [2.24, 2.45) is 0 Å². The zero-order chi connectivity index (χ0) is 16.9. The first-order chi connectivity index (χ1) is 11.7. The average molecular weight is 345 g/mol. The maximum absolute atomic E-state index is 9.29. The Balaban J connectivity index is 1.67. The number of hydrogen-bond donors (Lipinski definition) is 2. The first-order valence-corrected chi connectivity index (χ1v) is 7.75. The Hall–Kier alpha value is -2.57. The van der Waals surface area contributed by atoms with Gasteiger partial charge < -0.3 is 19.7 Å². The maximum atomic E-state index is 9.29. The number of methoxy groups -OCH3 is 1. The number of aromatic nitrogens is 3. The Labute approximate surface area is 144 Å². The van der Waals surface area contributed by atoms with E-state index >= 15 is 0 Å². The third kappa shape index (κ3) is 3.50. The summed E-state index contributed by atoms with van der Waals surface area (Å²) in [5, 5.41) is 13.1. The molecule has 0 saturated heterocycles. The molecule has 0 atom stereocenters. The van der Waals surface area contributed by atoms with E-state index in [1.807, 2.05) is 36.5 Å². The molecular weight excluding hydrogens is 328 g/mol. The third-order valence-electron chi connectivity index (χ3n) is 3.57. The van der Waals surface area contributed by atoms with Crippen molar-refractivity contribution >= 4 is 17.4 Å². The summed E-state index contributed by atoms with van der Waals surface area (Å²) in [4.78, 5) is 8.72. The molecule has 3 aromatic rings. The van der Waals surface area contributed by atoms with Crippen molar-refractivity contribution in [3.63, 3.8) is 0 Å². The molecule has 0 bridgehead atoms. The second-order valence-corrected chi connectivity index (χ2v) is 5.52. The van der Waals surface area contributed by atoms with Crippen LogP contribution in [0, 0.1) is 0 Å². The van der Waals surface area contributed by atoms with E-state index in [0.717, 1.165) is 11.3 Å². The smallest absolute Gasteiger partial charge is 0.155 e. The van der Waals surface area contributed by atoms with Crippen molar-refractivity contribution in [3.05, 3.63) is 65.2 Å². The van der Waals surface area contributed by atoms with Crippen LogP contribution in [0.3, 0.4) is 0 Å². The van der Waals surface area contributed by atoms with E-state index in [4.69, 9.17) is 16.3 Å². The Bertz CT molecular complexity index is 818. The summed E-state index contributed by atoms with van der Waals surface area (Å²) in [6.45, 7) is 0.524. The minimum absolute atomic E-state index is 0.0487. The minimum atomic E-state index is -0.0487. The Kier molecular flexibility index (Phi) is 4.98. The first kappa shape index (κ1) is 16.3. The van der Waals surface area contributed by atoms with Gasteiger partial charge in [-0.3, -0.25) is 0 Å². The number of rotatable bonds is 6. The lowest BCUT2D eigenvalue weighted by molar-refractivity contribution is 0.274. The third-order valence-corrected chi connectivity index (χ3v) is 3.87. The molecule has 0 aliphatic rings. The highest BCUT2D eigenvalue weighted by molar-refractivity contribution is 6.32. The fraction of sp³-hybridized carbons (Fsp3) is 0.176. The van der Waals surface area contributed by atoms with Gasteiger partial charge in [0.15, 0.2) is 5.82 Å². The molecule has 24 heavy (non-hydrogen) atoms. The number of halogens is 1. The van der Waals surface area contributed by atoms with Crippen molar-refractivity contribution in [2.75, 3.05) is 12.4 Å². The molecule has 1 aromatic carbocycles. The van der Waals surface area contributed by atoms with Crippen molar-refractivity contribution in [1.29, 1.82) is 0 Å². The molecule has 2 N–H and O–H groups in total. The predicted molar refractivity (Wildman–Crippen MR) is 92.6 cm³/mol. The molecule has 2 aromatic heterocycles. The number of aliphatic hydroxyl groups excluding tert-OH is 1. The van der Waals surface area contributed by atoms with Crippen LogP contribution < -0.4 is 10.1 Å². The van der Waals surface area contributed by atoms with E-state index in [9.17, 15) is 5.11 Å². The maximum Gasteiger partial charge on any atom is 0.155 e. The summed E-state index contributed by atoms with van der Waals surface area (Å²) >= 11 is 6.11. The van der Waals surface area contributed by atoms with Crippen LogP contribution in [-0.4, -0.2) is 26.8 Å². The number of nitrogens with zero attached hydrogens (tertiary/aromatic N) is 3. The highest BCUT2D eigenvalue weighted by atomic mass is 35.5. The molecule has 0 fully saturated rings. The molecule has 0 radical (unpaired) electrons. The number of hydrogen-bond acceptors (Lipinski definition) is 5. The fourth-order valence-electron chi connectivity index (χ4n) is 2.32. The van der Waals surface area contributed by atoms with Crippen LogP contribution >= 0.6 is 11.6 Å². The second kappa shape index (κ2) is 7.33. The fourth-order valence-corrected chi connectivity index (χ4v) is 2.60. The van der Waals surface area contributed by atoms with E-state index in [-0.39, 0.29) is 6.61 Å². The van der Waals surface area contributed by atoms with E-state index in [1.165, 1.54) is 0 Å². The van der Waals surface area contributed by atoms with Crippen molar-refractivity contribution in [3.8, 4) is 11.6 Å². The lowest BCUT2D eigenvalue weighted by Gasteiger charge is -2.09. The largest absolute Gasteiger partial charge is 0.495 e. The van der Waals surface area contributed by atoms with Gasteiger partial charge in [-0.1, -0.05) is 17.7 Å². The van der Waals surface area contributed by atoms with Crippen molar-refractivity contribution < 1.29 is 9.84 Å². The molecule has 0 spiro atoms. The molecule has 0 unspecified atom stereocenters. The van der Waals surface area contributed by atoms with Crippen LogP contribution in [-0.2, 0) is 13.2 Å². The molecule has 0 aliphatic heterocycles. The van der Waals surface area contributed by atoms with Gasteiger partial charge in [0.1, 0.15) is 11.6 Å². The van der Waals surface area contributed by atoms with Crippen molar-refractivity contribution in [2.45, 2.75) is 13.2 Å². The average Bonchev–Trinajstić information content (AvgIpc) is 3.09. The monoisotopic (exact) mass is 344 g/mol. The minimum Gasteiger partial charge on any atom is -0.495 e. The summed E-state index contributed by atoms with van der Waals surface area (Å²) in [6.07, 6.45) is 5.14. The van der Waals surface area contributed by atoms with Crippen molar-refractivity contribution in [1.82, 2.24) is 14.5 Å². The summed E-state index contributed by atoms with van der Waals surface area (Å²) < 4.78 is 6.93. The molecule has 6 nitrogen and oxygen atoms in total. The van der Waals surface area contributed by atoms with Crippen LogP contribution in [0.5, 0.6) is 5.75 Å². The zero-order valence-corrected chi connectivity index (χ0v) is 13.9. The Morgan fingerprint density at radius 2 is 2.12 bits per heavy atom. The summed E-state index contributed by atoms with van der Waals surface area (Å²) in [5.41, 5.74) is 1.78. The van der Waals surface area contributed by atoms with Gasteiger partial charge in [-0.15, -0.1) is 0 Å². The molecule has 124 valence electrons. The predicted octanol–water partition coefficient (Wildman–Crippen LogP) is 3.03. The molecule has 0 saturated carbocycles. The summed E-state index contributed by atoms with van der Waals surface area (Å²) in [6, 6.07) is 9.31. The van der Waals surface area contributed by atoms with Gasteiger partial charge in [-0.25, -0.2) is 9.97 Å². The number of nitrogens with one attached hydrogen (secondary N) is 1. The lowest BCUT2D eigenvalue weighted by Crippen LogP contribution is -2.05. The van der Waals surface area contributed by atoms with Crippen LogP contribution in [0.25, 0.3) is 5.82 Å². The van der Waals surface area contributed by atoms with Crippen LogP contribution in [0.1, 0.15) is 11.3 Å². The summed E-state index contributed by atoms with van der Waals surface area (Å²) in [7, 11) is 1.59. The van der Waals surface area contributed by atoms with Crippen LogP contribution in [0.2, 0.25) is 5.02 Å². The highest BCUT2D eigenvalue weighted by Gasteiger charge is 2.05. The quantitative estimate of drug-likeness (QED) is 0.719. The Morgan fingerprint density at radius 3 is 2.79 bits per heavy atom. The van der Waals surface area contributed by atoms with Gasteiger partial charge in [0, 0.05) is 18.4 Å². The molecule has 3 rings (SSSR count). The van der Waals surface area contributed by atoms with E-state index in [1.54, 1.807) is 24.1 Å². The molecule has 0 amide bonds. The van der Waals surface area contributed by atoms with Gasteiger partial charge >= 0.3 is 0 Å². The topological polar surface area (TPSA) is 72.2 Å². The molecule has 0 aliphatic carbocycles. The van der Waals surface area contributed by atoms with E-state index in [2.05, 4.69) is 15.3 Å². The molecule has 2 heterocycles. The molecular formula is C17H17ClN4O2. The van der Waals surface area contributed by atoms with Gasteiger partial charge in [0.25, 0.3) is 0 Å². The van der Waals surface area contributed by atoms with Gasteiger partial charge in [-0.05, 0) is 29.8 Å². The number of aliphatic hydroxyl groups is 1. The van der Waals surface area contributed by atoms with Crippen LogP contribution in [0.4, 0.5) is 5.82 Å².